The Morgan fingerprint density at radius 1 is 0.600 bits per heavy atom. The van der Waals surface area contributed by atoms with Gasteiger partial charge in [-0.3, -0.25) is 0 Å². The van der Waals surface area contributed by atoms with Crippen LogP contribution in [0.4, 0.5) is 22.7 Å². The molecule has 8 N–H and O–H groups in total. The van der Waals surface area contributed by atoms with Gasteiger partial charge in [0.2, 0.25) is 5.39 Å². The minimum Gasteiger partial charge on any atom is -0.870 e. The SMILES string of the molecule is CC(C)c1ccccc1O.Cc1cc(N)ccc1O.Cc1cc(N=Nc2ccc(O)c(C(C)C)c2)ccc1O.Cc1cc([N+]#N)ccc1O.O=N[O-].[Na+].[Na+].[OH-]. The summed E-state index contributed by atoms with van der Waals surface area (Å²) in [6.45, 7) is 13.5. The summed E-state index contributed by atoms with van der Waals surface area (Å²) >= 11 is 0. The number of phenolic OH excluding ortho intramolecular Hbond substituents is 5. The summed E-state index contributed by atoms with van der Waals surface area (Å²) in [5.41, 5.74) is 12.1. The second-order valence-electron chi connectivity index (χ2n) is 12.0. The number of nitrogens with two attached hydrogens (primary N) is 1. The van der Waals surface area contributed by atoms with Gasteiger partial charge in [-0.15, -0.1) is 5.34 Å². The van der Waals surface area contributed by atoms with Crippen LogP contribution < -0.4 is 64.8 Å². The van der Waals surface area contributed by atoms with Crippen LogP contribution >= 0.6 is 0 Å². The summed E-state index contributed by atoms with van der Waals surface area (Å²) in [6, 6.07) is 27.3. The fourth-order valence-corrected chi connectivity index (χ4v) is 4.24. The summed E-state index contributed by atoms with van der Waals surface area (Å²) in [5.74, 6) is 2.06. The van der Waals surface area contributed by atoms with Gasteiger partial charge in [-0.2, -0.15) is 10.2 Å². The minimum atomic E-state index is 0. The monoisotopic (exact) mass is 773 g/mol. The molecule has 0 unspecified atom stereocenters. The number of anilines is 1. The Balaban J connectivity index is -0.000000665. The van der Waals surface area contributed by atoms with Crippen molar-refractivity contribution in [3.05, 3.63) is 140 Å². The van der Waals surface area contributed by atoms with Gasteiger partial charge in [0, 0.05) is 17.8 Å². The van der Waals surface area contributed by atoms with Crippen molar-refractivity contribution < 1.29 is 90.1 Å². The van der Waals surface area contributed by atoms with Crippen LogP contribution in [0.3, 0.4) is 0 Å². The number of aromatic hydroxyl groups is 5. The smallest absolute Gasteiger partial charge is 0.870 e. The maximum absolute atomic E-state index is 9.76. The van der Waals surface area contributed by atoms with Gasteiger partial charge in [0.15, 0.2) is 4.98 Å². The minimum absolute atomic E-state index is 0. The third kappa shape index (κ3) is 20.5. The number of hydrogen-bond donors (Lipinski definition) is 6. The van der Waals surface area contributed by atoms with E-state index in [1.54, 1.807) is 67.6 Å². The van der Waals surface area contributed by atoms with Crippen LogP contribution in [0.2, 0.25) is 0 Å². The molecule has 0 saturated carbocycles. The Morgan fingerprint density at radius 3 is 1.40 bits per heavy atom. The molecule has 0 saturated heterocycles. The standard InChI is InChI=1S/C16H18N2O2.C9H12O.C7H6N2O.C7H9NO.HNO2.2Na.H2O/c1-10(2)14-9-13(5-7-16(14)20)18-17-12-4-6-15(19)11(3)8-12;1-7(2)8-5-3-4-6-9(8)10;1-5-4-6(9-8)2-3-7(5)10;1-5-4-6(8)2-3-7(5)9;2-1-3;;;/h4-10,19-20H,1-3H3;3-7,10H,1-2H3;2-4H,1H3;2-4,9H,8H2,1H3;(H,2,3);;;1H2/q;;;;;2*+1;/p-1. The van der Waals surface area contributed by atoms with Crippen molar-refractivity contribution in [2.75, 3.05) is 5.73 Å². The molecule has 5 aromatic rings. The molecule has 0 heterocycles. The zero-order valence-corrected chi connectivity index (χ0v) is 36.7. The van der Waals surface area contributed by atoms with E-state index in [9.17, 15) is 15.3 Å². The molecule has 0 aliphatic rings. The molecule has 0 spiro atoms. The van der Waals surface area contributed by atoms with Crippen LogP contribution in [0.1, 0.15) is 67.3 Å². The number of aryl methyl sites for hydroxylation is 3. The van der Waals surface area contributed by atoms with Gasteiger partial charge in [-0.25, -0.2) is 0 Å². The Morgan fingerprint density at radius 2 is 1.00 bits per heavy atom. The van der Waals surface area contributed by atoms with Crippen LogP contribution in [0, 0.1) is 36.3 Å². The maximum atomic E-state index is 9.76. The van der Waals surface area contributed by atoms with Gasteiger partial charge in [0.05, 0.1) is 11.4 Å². The van der Waals surface area contributed by atoms with Crippen molar-refractivity contribution in [1.82, 2.24) is 0 Å². The Bertz CT molecular complexity index is 1970. The molecule has 0 aromatic heterocycles. The second-order valence-corrected chi connectivity index (χ2v) is 12.0. The quantitative estimate of drug-likeness (QED) is 0.0270. The normalized spacial score (nSPS) is 9.38. The van der Waals surface area contributed by atoms with E-state index < -0.39 is 0 Å². The van der Waals surface area contributed by atoms with Gasteiger partial charge in [-0.05, 0) is 127 Å². The first kappa shape index (κ1) is 54.6. The molecular weight excluding hydrogens is 726 g/mol. The first-order valence-corrected chi connectivity index (χ1v) is 16.0. The Hall–Kier alpha value is -4.72. The van der Waals surface area contributed by atoms with E-state index in [0.717, 1.165) is 27.6 Å². The van der Waals surface area contributed by atoms with Crippen LogP contribution in [0.25, 0.3) is 4.98 Å². The van der Waals surface area contributed by atoms with Crippen molar-refractivity contribution in [3.8, 4) is 28.7 Å². The van der Waals surface area contributed by atoms with Gasteiger partial charge in [0.25, 0.3) is 0 Å². The van der Waals surface area contributed by atoms with E-state index in [1.165, 1.54) is 12.1 Å². The average molecular weight is 774 g/mol. The molecule has 282 valence electrons. The molecule has 16 heteroatoms. The fourth-order valence-electron chi connectivity index (χ4n) is 4.24. The molecule has 55 heavy (non-hydrogen) atoms. The maximum Gasteiger partial charge on any atom is 1.00 e. The van der Waals surface area contributed by atoms with Crippen LogP contribution in [-0.4, -0.2) is 31.0 Å². The van der Waals surface area contributed by atoms with Crippen molar-refractivity contribution in [2.24, 2.45) is 15.6 Å². The molecule has 0 aliphatic carbocycles. The summed E-state index contributed by atoms with van der Waals surface area (Å²) in [4.78, 5) is 11.0. The number of benzene rings is 5. The van der Waals surface area contributed by atoms with Crippen molar-refractivity contribution in [2.45, 2.75) is 60.3 Å². The first-order valence-electron chi connectivity index (χ1n) is 16.0. The third-order valence-corrected chi connectivity index (χ3v) is 7.17. The average Bonchev–Trinajstić information content (AvgIpc) is 3.10. The number of rotatable bonds is 4. The first-order chi connectivity index (χ1) is 24.5. The second kappa shape index (κ2) is 28.7. The van der Waals surface area contributed by atoms with E-state index in [2.05, 4.69) is 29.1 Å². The van der Waals surface area contributed by atoms with Gasteiger partial charge in [0.1, 0.15) is 28.7 Å². The molecule has 5 aromatic carbocycles. The van der Waals surface area contributed by atoms with E-state index in [-0.39, 0.29) is 87.8 Å². The fraction of sp³-hybridized carbons (Fsp3) is 0.231. The topological polar surface area (TPSA) is 263 Å². The van der Waals surface area contributed by atoms with Gasteiger partial charge >= 0.3 is 64.8 Å². The largest absolute Gasteiger partial charge is 1.00 e. The Kier molecular flexibility index (Phi) is 28.5. The molecule has 0 radical (unpaired) electrons. The number of hydrogen-bond acceptors (Lipinski definition) is 13. The van der Waals surface area contributed by atoms with E-state index in [0.29, 0.717) is 45.7 Å². The zero-order valence-electron chi connectivity index (χ0n) is 32.7. The van der Waals surface area contributed by atoms with Crippen molar-refractivity contribution in [3.63, 3.8) is 0 Å². The predicted octanol–water partition coefficient (Wildman–Crippen LogP) is 5.01. The van der Waals surface area contributed by atoms with Crippen LogP contribution in [-0.2, 0) is 0 Å². The molecule has 0 atom stereocenters. The van der Waals surface area contributed by atoms with E-state index in [1.807, 2.05) is 52.0 Å². The molecule has 14 nitrogen and oxygen atoms in total. The van der Waals surface area contributed by atoms with Crippen molar-refractivity contribution in [1.29, 1.82) is 5.39 Å². The van der Waals surface area contributed by atoms with E-state index >= 15 is 0 Å². The van der Waals surface area contributed by atoms with Crippen molar-refractivity contribution >= 4 is 22.7 Å². The molecule has 0 amide bonds. The molecule has 0 aliphatic heterocycles. The summed E-state index contributed by atoms with van der Waals surface area (Å²) in [7, 11) is 0. The number of para-hydroxylation sites is 1. The zero-order chi connectivity index (χ0) is 39.4. The molecule has 0 bridgehead atoms. The summed E-state index contributed by atoms with van der Waals surface area (Å²) < 4.78 is 0. The van der Waals surface area contributed by atoms with E-state index in [4.69, 9.17) is 31.5 Å². The third-order valence-electron chi connectivity index (χ3n) is 7.17. The van der Waals surface area contributed by atoms with Crippen LogP contribution in [0.15, 0.2) is 113 Å². The number of phenols is 5. The summed E-state index contributed by atoms with van der Waals surface area (Å²) in [5, 5.41) is 72.1. The van der Waals surface area contributed by atoms with Gasteiger partial charge < -0.3 is 46.9 Å². The summed E-state index contributed by atoms with van der Waals surface area (Å²) in [6.07, 6.45) is 0. The number of diazo groups is 1. The van der Waals surface area contributed by atoms with Gasteiger partial charge in [-0.1, -0.05) is 45.9 Å². The predicted molar refractivity (Wildman–Crippen MR) is 207 cm³/mol. The van der Waals surface area contributed by atoms with Crippen LogP contribution in [0.5, 0.6) is 28.7 Å². The number of nitrogens with zero attached hydrogens (tertiary/aromatic N) is 5. The molecule has 5 rings (SSSR count). The number of nitrogen functional groups attached to an aromatic ring is 1. The Labute approximate surface area is 365 Å². The molecular formula is C39H47N6Na2O8+. The number of azo groups is 1. The molecule has 0 fully saturated rings.